The van der Waals surface area contributed by atoms with E-state index in [9.17, 15) is 4.79 Å². The molecule has 5 nitrogen and oxygen atoms in total. The van der Waals surface area contributed by atoms with Gasteiger partial charge in [-0.2, -0.15) is 0 Å². The molecule has 0 aliphatic carbocycles. The SMILES string of the molecule is O=C(c1ccc(NCCc2ccc(Cl)cc2)nn1)N1CCCCCC1. The van der Waals surface area contributed by atoms with E-state index >= 15 is 0 Å². The first-order valence-corrected chi connectivity index (χ1v) is 9.21. The van der Waals surface area contributed by atoms with E-state index in [1.807, 2.05) is 35.2 Å². The average molecular weight is 359 g/mol. The number of amides is 1. The Hall–Kier alpha value is -2.14. The maximum atomic E-state index is 12.5. The van der Waals surface area contributed by atoms with Gasteiger partial charge in [0.05, 0.1) is 0 Å². The summed E-state index contributed by atoms with van der Waals surface area (Å²) in [4.78, 5) is 14.4. The smallest absolute Gasteiger partial charge is 0.274 e. The molecule has 0 bridgehead atoms. The normalized spacial score (nSPS) is 14.8. The number of anilines is 1. The Labute approximate surface area is 153 Å². The van der Waals surface area contributed by atoms with Crippen molar-refractivity contribution in [1.29, 1.82) is 0 Å². The number of aromatic nitrogens is 2. The summed E-state index contributed by atoms with van der Waals surface area (Å²) in [5, 5.41) is 12.2. The van der Waals surface area contributed by atoms with Gasteiger partial charge in [0.25, 0.3) is 5.91 Å². The highest BCUT2D eigenvalue weighted by Crippen LogP contribution is 2.13. The summed E-state index contributed by atoms with van der Waals surface area (Å²) in [5.74, 6) is 0.670. The summed E-state index contributed by atoms with van der Waals surface area (Å²) in [6, 6.07) is 11.4. The zero-order valence-electron chi connectivity index (χ0n) is 14.2. The lowest BCUT2D eigenvalue weighted by Crippen LogP contribution is -2.32. The molecule has 2 heterocycles. The van der Waals surface area contributed by atoms with Gasteiger partial charge in [-0.3, -0.25) is 4.79 Å². The quantitative estimate of drug-likeness (QED) is 0.883. The number of likely N-dealkylation sites (tertiary alicyclic amines) is 1. The topological polar surface area (TPSA) is 58.1 Å². The number of halogens is 1. The lowest BCUT2D eigenvalue weighted by atomic mass is 10.1. The molecule has 1 aliphatic rings. The molecule has 1 N–H and O–H groups in total. The zero-order valence-corrected chi connectivity index (χ0v) is 15.0. The minimum absolute atomic E-state index is 0.0119. The molecular weight excluding hydrogens is 336 g/mol. The number of hydrogen-bond donors (Lipinski definition) is 1. The van der Waals surface area contributed by atoms with E-state index < -0.39 is 0 Å². The van der Waals surface area contributed by atoms with Crippen molar-refractivity contribution >= 4 is 23.3 Å². The fourth-order valence-electron chi connectivity index (χ4n) is 2.96. The molecule has 1 aromatic carbocycles. The Morgan fingerprint density at radius 2 is 1.72 bits per heavy atom. The monoisotopic (exact) mass is 358 g/mol. The fraction of sp³-hybridized carbons (Fsp3) is 0.421. The first-order valence-electron chi connectivity index (χ1n) is 8.84. The Balaban J connectivity index is 1.51. The van der Waals surface area contributed by atoms with Crippen molar-refractivity contribution in [3.05, 3.63) is 52.7 Å². The average Bonchev–Trinajstić information content (AvgIpc) is 2.93. The second-order valence-electron chi connectivity index (χ2n) is 6.31. The van der Waals surface area contributed by atoms with E-state index in [2.05, 4.69) is 15.5 Å². The molecule has 1 aromatic heterocycles. The van der Waals surface area contributed by atoms with Crippen LogP contribution in [0.1, 0.15) is 41.7 Å². The van der Waals surface area contributed by atoms with Gasteiger partial charge in [0, 0.05) is 24.7 Å². The van der Waals surface area contributed by atoms with Crippen molar-refractivity contribution in [3.63, 3.8) is 0 Å². The third-order valence-corrected chi connectivity index (χ3v) is 4.66. The van der Waals surface area contributed by atoms with E-state index in [-0.39, 0.29) is 5.91 Å². The molecule has 1 aliphatic heterocycles. The fourth-order valence-corrected chi connectivity index (χ4v) is 3.09. The van der Waals surface area contributed by atoms with Gasteiger partial charge in [0.15, 0.2) is 5.69 Å². The number of rotatable bonds is 5. The lowest BCUT2D eigenvalue weighted by molar-refractivity contribution is 0.0754. The predicted octanol–water partition coefficient (Wildman–Crippen LogP) is 3.80. The molecule has 0 atom stereocenters. The van der Waals surface area contributed by atoms with Crippen LogP contribution in [0.3, 0.4) is 0 Å². The number of hydrogen-bond acceptors (Lipinski definition) is 4. The van der Waals surface area contributed by atoms with Crippen molar-refractivity contribution in [2.24, 2.45) is 0 Å². The van der Waals surface area contributed by atoms with Gasteiger partial charge >= 0.3 is 0 Å². The summed E-state index contributed by atoms with van der Waals surface area (Å²) in [6.07, 6.45) is 5.41. The van der Waals surface area contributed by atoms with E-state index in [0.717, 1.165) is 43.9 Å². The Morgan fingerprint density at radius 3 is 2.36 bits per heavy atom. The number of carbonyl (C=O) groups excluding carboxylic acids is 1. The molecule has 25 heavy (non-hydrogen) atoms. The molecular formula is C19H23ClN4O. The van der Waals surface area contributed by atoms with Crippen molar-refractivity contribution < 1.29 is 4.79 Å². The van der Waals surface area contributed by atoms with E-state index in [4.69, 9.17) is 11.6 Å². The molecule has 0 unspecified atom stereocenters. The third kappa shape index (κ3) is 5.16. The number of benzene rings is 1. The van der Waals surface area contributed by atoms with Crippen LogP contribution in [-0.4, -0.2) is 40.6 Å². The molecule has 6 heteroatoms. The summed E-state index contributed by atoms with van der Waals surface area (Å²) < 4.78 is 0. The molecule has 132 valence electrons. The number of nitrogens with zero attached hydrogens (tertiary/aromatic N) is 3. The van der Waals surface area contributed by atoms with Crippen molar-refractivity contribution in [1.82, 2.24) is 15.1 Å². The highest BCUT2D eigenvalue weighted by Gasteiger charge is 2.18. The van der Waals surface area contributed by atoms with Crippen molar-refractivity contribution in [2.75, 3.05) is 25.0 Å². The van der Waals surface area contributed by atoms with Crippen LogP contribution in [0.2, 0.25) is 5.02 Å². The van der Waals surface area contributed by atoms with Crippen molar-refractivity contribution in [3.8, 4) is 0 Å². The molecule has 1 fully saturated rings. The van der Waals surface area contributed by atoms with Crippen LogP contribution >= 0.6 is 11.6 Å². The van der Waals surface area contributed by atoms with Crippen molar-refractivity contribution in [2.45, 2.75) is 32.1 Å². The Morgan fingerprint density at radius 1 is 1.00 bits per heavy atom. The number of carbonyl (C=O) groups is 1. The summed E-state index contributed by atoms with van der Waals surface area (Å²) in [5.41, 5.74) is 1.63. The summed E-state index contributed by atoms with van der Waals surface area (Å²) in [7, 11) is 0. The molecule has 0 saturated carbocycles. The highest BCUT2D eigenvalue weighted by atomic mass is 35.5. The standard InChI is InChI=1S/C19H23ClN4O/c20-16-7-5-15(6-8-16)11-12-21-18-10-9-17(22-23-18)19(25)24-13-3-1-2-4-14-24/h5-10H,1-4,11-14H2,(H,21,23). The minimum atomic E-state index is -0.0119. The molecule has 2 aromatic rings. The van der Waals surface area contributed by atoms with Crippen LogP contribution < -0.4 is 5.32 Å². The van der Waals surface area contributed by atoms with Crippen LogP contribution in [0.15, 0.2) is 36.4 Å². The third-order valence-electron chi connectivity index (χ3n) is 4.41. The lowest BCUT2D eigenvalue weighted by Gasteiger charge is -2.19. The van der Waals surface area contributed by atoms with E-state index in [1.165, 1.54) is 18.4 Å². The molecule has 1 saturated heterocycles. The first-order chi connectivity index (χ1) is 12.2. The van der Waals surface area contributed by atoms with Gasteiger partial charge in [0.1, 0.15) is 5.82 Å². The van der Waals surface area contributed by atoms with E-state index in [0.29, 0.717) is 11.5 Å². The predicted molar refractivity (Wildman–Crippen MR) is 100 cm³/mol. The maximum Gasteiger partial charge on any atom is 0.274 e. The van der Waals surface area contributed by atoms with Crippen LogP contribution in [0, 0.1) is 0 Å². The van der Waals surface area contributed by atoms with Gasteiger partial charge < -0.3 is 10.2 Å². The second kappa shape index (κ2) is 8.81. The van der Waals surface area contributed by atoms with Gasteiger partial charge in [-0.15, -0.1) is 10.2 Å². The van der Waals surface area contributed by atoms with Gasteiger partial charge in [-0.25, -0.2) is 0 Å². The van der Waals surface area contributed by atoms with Crippen LogP contribution in [-0.2, 0) is 6.42 Å². The van der Waals surface area contributed by atoms with Crippen LogP contribution in [0.5, 0.6) is 0 Å². The van der Waals surface area contributed by atoms with Gasteiger partial charge in [-0.1, -0.05) is 36.6 Å². The summed E-state index contributed by atoms with van der Waals surface area (Å²) in [6.45, 7) is 2.39. The molecule has 0 radical (unpaired) electrons. The maximum absolute atomic E-state index is 12.5. The molecule has 1 amide bonds. The highest BCUT2D eigenvalue weighted by molar-refractivity contribution is 6.30. The first kappa shape index (κ1) is 17.7. The zero-order chi connectivity index (χ0) is 17.5. The van der Waals surface area contributed by atoms with Crippen LogP contribution in [0.4, 0.5) is 5.82 Å². The van der Waals surface area contributed by atoms with Crippen LogP contribution in [0.25, 0.3) is 0 Å². The Bertz CT molecular complexity index is 680. The largest absolute Gasteiger partial charge is 0.368 e. The van der Waals surface area contributed by atoms with E-state index in [1.54, 1.807) is 6.07 Å². The minimum Gasteiger partial charge on any atom is -0.368 e. The van der Waals surface area contributed by atoms with Gasteiger partial charge in [-0.05, 0) is 49.1 Å². The second-order valence-corrected chi connectivity index (χ2v) is 6.75. The molecule has 3 rings (SSSR count). The molecule has 0 spiro atoms. The summed E-state index contributed by atoms with van der Waals surface area (Å²) >= 11 is 5.88. The number of nitrogens with one attached hydrogen (secondary N) is 1. The Kier molecular flexibility index (Phi) is 6.23. The van der Waals surface area contributed by atoms with Gasteiger partial charge in [0.2, 0.25) is 0 Å².